The number of nitriles is 1. The number of amides is 2. The molecule has 2 amide bonds. The number of halogens is 1. The Kier molecular flexibility index (Phi) is 8.00. The summed E-state index contributed by atoms with van der Waals surface area (Å²) in [6, 6.07) is 21.0. The molecule has 0 fully saturated rings. The number of hydrogen-bond acceptors (Lipinski definition) is 7. The molecular weight excluding hydrogens is 540 g/mol. The van der Waals surface area contributed by atoms with E-state index in [4.69, 9.17) is 27.3 Å². The highest BCUT2D eigenvalue weighted by molar-refractivity contribution is 6.69. The molecule has 5 rings (SSSR count). The molecule has 2 aliphatic rings. The average molecular weight is 565 g/mol. The predicted octanol–water partition coefficient (Wildman–Crippen LogP) is 3.36. The number of aliphatic imine (C=N–C) groups is 1. The van der Waals surface area contributed by atoms with Crippen LogP contribution in [0, 0.1) is 23.2 Å². The van der Waals surface area contributed by atoms with E-state index in [0.717, 1.165) is 5.56 Å². The van der Waals surface area contributed by atoms with E-state index < -0.39 is 11.9 Å². The molecule has 10 heteroatoms. The highest BCUT2D eigenvalue weighted by Gasteiger charge is 2.39. The molecular formula is C31H25ClN6O3. The molecule has 1 atom stereocenters. The Labute approximate surface area is 242 Å². The molecule has 2 aliphatic heterocycles. The Hall–Kier alpha value is -5.12. The first-order valence-corrected chi connectivity index (χ1v) is 13.2. The van der Waals surface area contributed by atoms with Gasteiger partial charge in [-0.3, -0.25) is 14.6 Å². The van der Waals surface area contributed by atoms with Crippen molar-refractivity contribution in [1.82, 2.24) is 9.88 Å². The van der Waals surface area contributed by atoms with Crippen LogP contribution in [0.2, 0.25) is 0 Å². The van der Waals surface area contributed by atoms with E-state index in [1.807, 2.05) is 36.4 Å². The van der Waals surface area contributed by atoms with Gasteiger partial charge < -0.3 is 20.3 Å². The van der Waals surface area contributed by atoms with E-state index in [-0.39, 0.29) is 35.6 Å². The lowest BCUT2D eigenvalue weighted by molar-refractivity contribution is -0.137. The molecule has 2 N–H and O–H groups in total. The van der Waals surface area contributed by atoms with Crippen LogP contribution in [-0.4, -0.2) is 53.1 Å². The van der Waals surface area contributed by atoms with Gasteiger partial charge in [-0.1, -0.05) is 53.9 Å². The number of aromatic nitrogens is 1. The molecule has 0 saturated carbocycles. The number of anilines is 1. The van der Waals surface area contributed by atoms with E-state index in [9.17, 15) is 9.59 Å². The van der Waals surface area contributed by atoms with Crippen LogP contribution in [0.25, 0.3) is 0 Å². The van der Waals surface area contributed by atoms with Gasteiger partial charge in [-0.2, -0.15) is 5.26 Å². The zero-order valence-corrected chi connectivity index (χ0v) is 22.9. The van der Waals surface area contributed by atoms with Gasteiger partial charge in [-0.15, -0.1) is 0 Å². The highest BCUT2D eigenvalue weighted by atomic mass is 35.5. The summed E-state index contributed by atoms with van der Waals surface area (Å²) >= 11 is 6.45. The minimum atomic E-state index is -0.882. The van der Waals surface area contributed by atoms with Crippen LogP contribution in [0.4, 0.5) is 5.69 Å². The summed E-state index contributed by atoms with van der Waals surface area (Å²) in [5.74, 6) is 5.63. The molecule has 0 unspecified atom stereocenters. The van der Waals surface area contributed by atoms with Gasteiger partial charge in [0.25, 0.3) is 11.8 Å². The third kappa shape index (κ3) is 5.91. The van der Waals surface area contributed by atoms with Gasteiger partial charge in [0.15, 0.2) is 0 Å². The van der Waals surface area contributed by atoms with Crippen LogP contribution in [0.3, 0.4) is 0 Å². The SMILES string of the molecule is CN1C(=O)[C@@H](N2CCC(C(Cl)=NCc3ccccc3)=C(N)C2=O)COc2cc(C#Cc3cccc(C#N)n3)ccc21. The molecule has 0 saturated heterocycles. The Morgan fingerprint density at radius 1 is 1.12 bits per heavy atom. The quantitative estimate of drug-likeness (QED) is 0.383. The molecule has 9 nitrogen and oxygen atoms in total. The minimum absolute atomic E-state index is 0.0260. The Morgan fingerprint density at radius 2 is 1.90 bits per heavy atom. The van der Waals surface area contributed by atoms with E-state index in [0.29, 0.717) is 41.2 Å². The fraction of sp³-hybridized carbons (Fsp3) is 0.194. The standard InChI is InChI=1S/C31H25ClN6O3/c1-37-25-13-11-20(10-12-22-8-5-9-23(17-33)36-22)16-27(25)41-19-26(30(37)39)38-15-14-24(28(34)31(38)40)29(32)35-18-21-6-3-2-4-7-21/h2-9,11,13,16,26H,14-15,18-19,34H2,1H3/t26-/m0/s1. The molecule has 0 radical (unpaired) electrons. The second-order valence-corrected chi connectivity index (χ2v) is 9.77. The molecule has 2 aromatic carbocycles. The van der Waals surface area contributed by atoms with Gasteiger partial charge in [-0.25, -0.2) is 4.98 Å². The maximum absolute atomic E-state index is 13.5. The summed E-state index contributed by atoms with van der Waals surface area (Å²) in [6.45, 7) is 0.548. The number of nitrogens with two attached hydrogens (primary N) is 1. The fourth-order valence-electron chi connectivity index (χ4n) is 4.60. The summed E-state index contributed by atoms with van der Waals surface area (Å²) in [6.07, 6.45) is 0.357. The minimum Gasteiger partial charge on any atom is -0.489 e. The molecule has 3 aromatic rings. The molecule has 41 heavy (non-hydrogen) atoms. The van der Waals surface area contributed by atoms with Gasteiger partial charge in [0.2, 0.25) is 0 Å². The van der Waals surface area contributed by atoms with Gasteiger partial charge in [0.1, 0.15) is 46.7 Å². The summed E-state index contributed by atoms with van der Waals surface area (Å²) in [5, 5.41) is 9.23. The molecule has 1 aromatic heterocycles. The maximum atomic E-state index is 13.5. The lowest BCUT2D eigenvalue weighted by Gasteiger charge is -2.34. The van der Waals surface area contributed by atoms with Crippen LogP contribution in [0.5, 0.6) is 5.75 Å². The number of likely N-dealkylation sites (N-methyl/N-ethyl adjacent to an activating group) is 1. The number of benzene rings is 2. The molecule has 0 bridgehead atoms. The van der Waals surface area contributed by atoms with Crippen molar-refractivity contribution >= 4 is 34.3 Å². The van der Waals surface area contributed by atoms with Crippen molar-refractivity contribution in [2.45, 2.75) is 19.0 Å². The zero-order chi connectivity index (χ0) is 28.9. The first kappa shape index (κ1) is 27.4. The highest BCUT2D eigenvalue weighted by Crippen LogP contribution is 2.33. The van der Waals surface area contributed by atoms with E-state index >= 15 is 0 Å². The second-order valence-electron chi connectivity index (χ2n) is 9.41. The van der Waals surface area contributed by atoms with E-state index in [1.165, 1.54) is 9.80 Å². The first-order valence-electron chi connectivity index (χ1n) is 12.8. The number of nitrogens with zero attached hydrogens (tertiary/aromatic N) is 5. The van der Waals surface area contributed by atoms with Crippen molar-refractivity contribution in [1.29, 1.82) is 5.26 Å². The summed E-state index contributed by atoms with van der Waals surface area (Å²) in [4.78, 5) is 38.3. The van der Waals surface area contributed by atoms with Crippen molar-refractivity contribution in [3.05, 3.63) is 101 Å². The lowest BCUT2D eigenvalue weighted by Crippen LogP contribution is -2.55. The first-order chi connectivity index (χ1) is 19.9. The summed E-state index contributed by atoms with van der Waals surface area (Å²) in [5.41, 5.74) is 9.60. The topological polar surface area (TPSA) is 125 Å². The van der Waals surface area contributed by atoms with Crippen molar-refractivity contribution in [3.63, 3.8) is 0 Å². The van der Waals surface area contributed by atoms with Crippen molar-refractivity contribution in [2.24, 2.45) is 10.7 Å². The van der Waals surface area contributed by atoms with E-state index in [1.54, 1.807) is 43.4 Å². The monoisotopic (exact) mass is 564 g/mol. The van der Waals surface area contributed by atoms with Gasteiger partial charge in [-0.05, 0) is 48.2 Å². The summed E-state index contributed by atoms with van der Waals surface area (Å²) < 4.78 is 6.04. The smallest absolute Gasteiger partial charge is 0.270 e. The fourth-order valence-corrected chi connectivity index (χ4v) is 4.85. The number of carbonyl (C=O) groups is 2. The molecule has 0 spiro atoms. The number of pyridine rings is 1. The Morgan fingerprint density at radius 3 is 2.68 bits per heavy atom. The van der Waals surface area contributed by atoms with Crippen LogP contribution >= 0.6 is 11.6 Å². The van der Waals surface area contributed by atoms with Gasteiger partial charge >= 0.3 is 0 Å². The van der Waals surface area contributed by atoms with Gasteiger partial charge in [0, 0.05) is 24.7 Å². The normalized spacial score (nSPS) is 17.2. The Bertz CT molecular complexity index is 1680. The maximum Gasteiger partial charge on any atom is 0.270 e. The number of carbonyl (C=O) groups excluding carboxylic acids is 2. The van der Waals surface area contributed by atoms with Crippen LogP contribution < -0.4 is 15.4 Å². The Balaban J connectivity index is 1.33. The van der Waals surface area contributed by atoms with Crippen LogP contribution in [0.15, 0.2) is 83.0 Å². The second kappa shape index (κ2) is 12.0. The van der Waals surface area contributed by atoms with Crippen molar-refractivity contribution in [2.75, 3.05) is 25.1 Å². The molecule has 204 valence electrons. The third-order valence-corrected chi connectivity index (χ3v) is 7.17. The average Bonchev–Trinajstić information content (AvgIpc) is 3.12. The molecule has 3 heterocycles. The zero-order valence-electron chi connectivity index (χ0n) is 22.2. The molecule has 0 aliphatic carbocycles. The largest absolute Gasteiger partial charge is 0.489 e. The summed E-state index contributed by atoms with van der Waals surface area (Å²) in [7, 11) is 1.64. The number of hydrogen-bond donors (Lipinski definition) is 1. The number of fused-ring (bicyclic) bond motifs is 1. The van der Waals surface area contributed by atoms with E-state index in [2.05, 4.69) is 21.8 Å². The van der Waals surface area contributed by atoms with Crippen LogP contribution in [-0.2, 0) is 16.1 Å². The van der Waals surface area contributed by atoms with Crippen LogP contribution in [0.1, 0.15) is 28.9 Å². The lowest BCUT2D eigenvalue weighted by atomic mass is 10.0. The predicted molar refractivity (Wildman–Crippen MR) is 155 cm³/mol. The van der Waals surface area contributed by atoms with Crippen molar-refractivity contribution in [3.8, 4) is 23.7 Å². The third-order valence-electron chi connectivity index (χ3n) is 6.82. The van der Waals surface area contributed by atoms with Crippen molar-refractivity contribution < 1.29 is 14.3 Å². The van der Waals surface area contributed by atoms with Gasteiger partial charge in [0.05, 0.1) is 12.2 Å². The number of rotatable bonds is 4. The number of ether oxygens (including phenoxy) is 1.